The van der Waals surface area contributed by atoms with Crippen LogP contribution in [0.25, 0.3) is 10.9 Å². The Morgan fingerprint density at radius 3 is 2.75 bits per heavy atom. The standard InChI is InChI=1S/C13H14FNO/c1-9(2)15-12(5-6-16)7-10-3-4-11(14)8-13(10)15/h3-4,6-9H,5H2,1-2H3. The number of rotatable bonds is 3. The lowest BCUT2D eigenvalue weighted by Gasteiger charge is -2.13. The van der Waals surface area contributed by atoms with Crippen molar-refractivity contribution in [2.45, 2.75) is 26.3 Å². The van der Waals surface area contributed by atoms with Crippen LogP contribution in [0.4, 0.5) is 4.39 Å². The van der Waals surface area contributed by atoms with Gasteiger partial charge in [0.1, 0.15) is 12.1 Å². The van der Waals surface area contributed by atoms with Crippen molar-refractivity contribution in [1.82, 2.24) is 4.57 Å². The van der Waals surface area contributed by atoms with E-state index in [1.54, 1.807) is 6.07 Å². The van der Waals surface area contributed by atoms with Gasteiger partial charge in [-0.1, -0.05) is 0 Å². The second-order valence-corrected chi connectivity index (χ2v) is 4.17. The van der Waals surface area contributed by atoms with Gasteiger partial charge in [0.25, 0.3) is 0 Å². The topological polar surface area (TPSA) is 22.0 Å². The molecule has 0 aliphatic carbocycles. The maximum Gasteiger partial charge on any atom is 0.125 e. The molecule has 2 rings (SSSR count). The molecular weight excluding hydrogens is 205 g/mol. The van der Waals surface area contributed by atoms with Gasteiger partial charge in [0.15, 0.2) is 0 Å². The molecule has 0 bridgehead atoms. The SMILES string of the molecule is CC(C)n1c(CC=O)cc2ccc(F)cc21. The lowest BCUT2D eigenvalue weighted by molar-refractivity contribution is -0.107. The first kappa shape index (κ1) is 10.9. The highest BCUT2D eigenvalue weighted by molar-refractivity contribution is 5.82. The van der Waals surface area contributed by atoms with Crippen molar-refractivity contribution in [3.05, 3.63) is 35.8 Å². The highest BCUT2D eigenvalue weighted by Crippen LogP contribution is 2.24. The number of hydrogen-bond acceptors (Lipinski definition) is 1. The Hall–Kier alpha value is -1.64. The van der Waals surface area contributed by atoms with Gasteiger partial charge < -0.3 is 9.36 Å². The molecule has 0 amide bonds. The number of benzene rings is 1. The number of halogens is 1. The molecule has 1 aromatic carbocycles. The summed E-state index contributed by atoms with van der Waals surface area (Å²) >= 11 is 0. The van der Waals surface area contributed by atoms with Crippen molar-refractivity contribution < 1.29 is 9.18 Å². The van der Waals surface area contributed by atoms with Crippen LogP contribution in [0.5, 0.6) is 0 Å². The van der Waals surface area contributed by atoms with Gasteiger partial charge in [-0.05, 0) is 38.1 Å². The molecule has 0 saturated carbocycles. The first-order chi connectivity index (χ1) is 7.63. The summed E-state index contributed by atoms with van der Waals surface area (Å²) in [5, 5.41) is 0.979. The van der Waals surface area contributed by atoms with Gasteiger partial charge in [-0.2, -0.15) is 0 Å². The number of aldehydes is 1. The van der Waals surface area contributed by atoms with Crippen LogP contribution in [0.15, 0.2) is 24.3 Å². The summed E-state index contributed by atoms with van der Waals surface area (Å²) in [6, 6.07) is 6.87. The number of nitrogens with zero attached hydrogens (tertiary/aromatic N) is 1. The number of aromatic nitrogens is 1. The quantitative estimate of drug-likeness (QED) is 0.727. The first-order valence-corrected chi connectivity index (χ1v) is 5.36. The highest BCUT2D eigenvalue weighted by Gasteiger charge is 2.11. The number of carbonyl (C=O) groups excluding carboxylic acids is 1. The summed E-state index contributed by atoms with van der Waals surface area (Å²) in [5.41, 5.74) is 1.79. The molecule has 0 spiro atoms. The second-order valence-electron chi connectivity index (χ2n) is 4.17. The van der Waals surface area contributed by atoms with E-state index in [0.29, 0.717) is 6.42 Å². The molecule has 2 nitrogen and oxygen atoms in total. The van der Waals surface area contributed by atoms with Crippen LogP contribution < -0.4 is 0 Å². The Labute approximate surface area is 93.7 Å². The largest absolute Gasteiger partial charge is 0.342 e. The first-order valence-electron chi connectivity index (χ1n) is 5.36. The van der Waals surface area contributed by atoms with Crippen molar-refractivity contribution in [2.75, 3.05) is 0 Å². The molecule has 0 aliphatic rings. The maximum absolute atomic E-state index is 13.2. The molecule has 2 aromatic rings. The van der Waals surface area contributed by atoms with Crippen LogP contribution in [0, 0.1) is 5.82 Å². The maximum atomic E-state index is 13.2. The zero-order valence-electron chi connectivity index (χ0n) is 9.40. The van der Waals surface area contributed by atoms with Crippen molar-refractivity contribution in [2.24, 2.45) is 0 Å². The fraction of sp³-hybridized carbons (Fsp3) is 0.308. The van der Waals surface area contributed by atoms with Crippen molar-refractivity contribution in [3.63, 3.8) is 0 Å². The molecular formula is C13H14FNO. The van der Waals surface area contributed by atoms with Gasteiger partial charge >= 0.3 is 0 Å². The van der Waals surface area contributed by atoms with Gasteiger partial charge in [-0.3, -0.25) is 0 Å². The van der Waals surface area contributed by atoms with Crippen LogP contribution in [-0.2, 0) is 11.2 Å². The zero-order chi connectivity index (χ0) is 11.7. The predicted octanol–water partition coefficient (Wildman–Crippen LogP) is 3.10. The van der Waals surface area contributed by atoms with Crippen molar-refractivity contribution >= 4 is 17.2 Å². The highest BCUT2D eigenvalue weighted by atomic mass is 19.1. The van der Waals surface area contributed by atoms with Gasteiger partial charge in [0.05, 0.1) is 5.52 Å². The van der Waals surface area contributed by atoms with E-state index in [-0.39, 0.29) is 11.9 Å². The van der Waals surface area contributed by atoms with Crippen molar-refractivity contribution in [1.29, 1.82) is 0 Å². The molecule has 1 aromatic heterocycles. The zero-order valence-corrected chi connectivity index (χ0v) is 9.40. The average Bonchev–Trinajstić information content (AvgIpc) is 2.55. The van der Waals surface area contributed by atoms with Crippen LogP contribution >= 0.6 is 0 Å². The smallest absolute Gasteiger partial charge is 0.125 e. The minimum atomic E-state index is -0.245. The third kappa shape index (κ3) is 1.73. The summed E-state index contributed by atoms with van der Waals surface area (Å²) in [4.78, 5) is 10.6. The lowest BCUT2D eigenvalue weighted by Crippen LogP contribution is -2.05. The molecule has 0 N–H and O–H groups in total. The molecule has 16 heavy (non-hydrogen) atoms. The fourth-order valence-corrected chi connectivity index (χ4v) is 2.10. The molecule has 0 saturated heterocycles. The summed E-state index contributed by atoms with van der Waals surface area (Å²) in [5.74, 6) is -0.245. The predicted molar refractivity (Wildman–Crippen MR) is 62.0 cm³/mol. The van der Waals surface area contributed by atoms with E-state index >= 15 is 0 Å². The molecule has 0 aliphatic heterocycles. The van der Waals surface area contributed by atoms with Crippen molar-refractivity contribution in [3.8, 4) is 0 Å². The summed E-state index contributed by atoms with van der Waals surface area (Å²) in [6.07, 6.45) is 1.25. The molecule has 0 unspecified atom stereocenters. The molecule has 84 valence electrons. The molecule has 0 fully saturated rings. The minimum Gasteiger partial charge on any atom is -0.342 e. The third-order valence-electron chi connectivity index (χ3n) is 2.69. The van der Waals surface area contributed by atoms with Gasteiger partial charge in [-0.25, -0.2) is 4.39 Å². The van der Waals surface area contributed by atoms with Gasteiger partial charge in [0.2, 0.25) is 0 Å². The van der Waals surface area contributed by atoms with Crippen LogP contribution in [-0.4, -0.2) is 10.9 Å². The minimum absolute atomic E-state index is 0.217. The number of carbonyl (C=O) groups is 1. The van der Waals surface area contributed by atoms with Crippen LogP contribution in [0.3, 0.4) is 0 Å². The van der Waals surface area contributed by atoms with E-state index in [9.17, 15) is 9.18 Å². The Morgan fingerprint density at radius 2 is 2.12 bits per heavy atom. The lowest BCUT2D eigenvalue weighted by atomic mass is 10.2. The Morgan fingerprint density at radius 1 is 1.38 bits per heavy atom. The van der Waals surface area contributed by atoms with Gasteiger partial charge in [-0.15, -0.1) is 0 Å². The van der Waals surface area contributed by atoms with Gasteiger partial charge in [0, 0.05) is 23.5 Å². The van der Waals surface area contributed by atoms with E-state index in [2.05, 4.69) is 0 Å². The Kier molecular flexibility index (Phi) is 2.77. The summed E-state index contributed by atoms with van der Waals surface area (Å²) < 4.78 is 15.2. The van der Waals surface area contributed by atoms with Crippen LogP contribution in [0.1, 0.15) is 25.6 Å². The number of fused-ring (bicyclic) bond motifs is 1. The summed E-state index contributed by atoms with van der Waals surface area (Å²) in [7, 11) is 0. The van der Waals surface area contributed by atoms with E-state index in [0.717, 1.165) is 22.9 Å². The molecule has 3 heteroatoms. The molecule has 0 radical (unpaired) electrons. The normalized spacial score (nSPS) is 11.2. The molecule has 1 heterocycles. The second kappa shape index (κ2) is 4.08. The fourth-order valence-electron chi connectivity index (χ4n) is 2.10. The van der Waals surface area contributed by atoms with E-state index in [1.807, 2.05) is 24.5 Å². The third-order valence-corrected chi connectivity index (χ3v) is 2.69. The molecule has 0 atom stereocenters. The van der Waals surface area contributed by atoms with E-state index in [1.165, 1.54) is 12.1 Å². The van der Waals surface area contributed by atoms with E-state index < -0.39 is 0 Å². The van der Waals surface area contributed by atoms with E-state index in [4.69, 9.17) is 0 Å². The monoisotopic (exact) mass is 219 g/mol. The Balaban J connectivity index is 2.71. The average molecular weight is 219 g/mol. The number of hydrogen-bond donors (Lipinski definition) is 0. The summed E-state index contributed by atoms with van der Waals surface area (Å²) in [6.45, 7) is 4.05. The van der Waals surface area contributed by atoms with Crippen LogP contribution in [0.2, 0.25) is 0 Å². The Bertz CT molecular complexity index is 528.